The first-order valence-electron chi connectivity index (χ1n) is 9.56. The van der Waals surface area contributed by atoms with Gasteiger partial charge in [-0.05, 0) is 43.5 Å². The molecule has 0 aliphatic carbocycles. The molecule has 1 fully saturated rings. The lowest BCUT2D eigenvalue weighted by Gasteiger charge is -2.32. The van der Waals surface area contributed by atoms with Crippen LogP contribution in [0.4, 0.5) is 21.5 Å². The highest BCUT2D eigenvalue weighted by atomic mass is 19.1. The minimum Gasteiger partial charge on any atom is -0.455 e. The van der Waals surface area contributed by atoms with Gasteiger partial charge in [-0.2, -0.15) is 0 Å². The quantitative estimate of drug-likeness (QED) is 0.441. The van der Waals surface area contributed by atoms with E-state index in [0.29, 0.717) is 31.6 Å². The fourth-order valence-corrected chi connectivity index (χ4v) is 3.40. The minimum absolute atomic E-state index is 0.0264. The van der Waals surface area contributed by atoms with Crippen LogP contribution in [0.1, 0.15) is 18.4 Å². The highest BCUT2D eigenvalue weighted by Crippen LogP contribution is 2.31. The Morgan fingerprint density at radius 2 is 1.93 bits per heavy atom. The van der Waals surface area contributed by atoms with Crippen LogP contribution in [0, 0.1) is 28.8 Å². The molecule has 8 nitrogen and oxygen atoms in total. The minimum atomic E-state index is -0.622. The average molecular weight is 415 g/mol. The molecule has 0 atom stereocenters. The van der Waals surface area contributed by atoms with Crippen LogP contribution in [0.3, 0.4) is 0 Å². The second-order valence-electron chi connectivity index (χ2n) is 7.15. The van der Waals surface area contributed by atoms with Crippen molar-refractivity contribution in [1.29, 1.82) is 0 Å². The zero-order chi connectivity index (χ0) is 21.7. The summed E-state index contributed by atoms with van der Waals surface area (Å²) in [6, 6.07) is 10.9. The molecule has 0 aromatic heterocycles. The number of nitro groups is 1. The van der Waals surface area contributed by atoms with Crippen LogP contribution < -0.4 is 10.2 Å². The summed E-state index contributed by atoms with van der Waals surface area (Å²) in [7, 11) is 0. The Morgan fingerprint density at radius 1 is 1.23 bits per heavy atom. The third-order valence-electron chi connectivity index (χ3n) is 4.99. The number of carbonyl (C=O) groups excluding carboxylic acids is 2. The van der Waals surface area contributed by atoms with Crippen molar-refractivity contribution in [3.63, 3.8) is 0 Å². The van der Waals surface area contributed by atoms with E-state index in [0.717, 1.165) is 5.56 Å². The summed E-state index contributed by atoms with van der Waals surface area (Å²) in [6.07, 6.45) is 0.915. The number of amides is 1. The van der Waals surface area contributed by atoms with Crippen molar-refractivity contribution in [2.45, 2.75) is 19.8 Å². The number of para-hydroxylation sites is 2. The first-order chi connectivity index (χ1) is 14.3. The van der Waals surface area contributed by atoms with Crippen LogP contribution >= 0.6 is 0 Å². The molecular formula is C21H22FN3O5. The predicted molar refractivity (Wildman–Crippen MR) is 109 cm³/mol. The number of esters is 1. The van der Waals surface area contributed by atoms with Gasteiger partial charge in [0.2, 0.25) is 0 Å². The highest BCUT2D eigenvalue weighted by molar-refractivity contribution is 5.93. The number of nitrogens with one attached hydrogen (secondary N) is 1. The number of halogens is 1. The van der Waals surface area contributed by atoms with Gasteiger partial charge in [0.05, 0.1) is 16.5 Å². The molecule has 1 aliphatic heterocycles. The van der Waals surface area contributed by atoms with Crippen LogP contribution in [-0.2, 0) is 14.3 Å². The lowest BCUT2D eigenvalue weighted by atomic mass is 9.96. The topological polar surface area (TPSA) is 102 Å². The van der Waals surface area contributed by atoms with Gasteiger partial charge in [-0.15, -0.1) is 0 Å². The molecule has 0 unspecified atom stereocenters. The molecule has 2 aromatic rings. The number of carbonyl (C=O) groups is 2. The molecule has 0 bridgehead atoms. The lowest BCUT2D eigenvalue weighted by molar-refractivity contribution is -0.384. The number of anilines is 2. The first kappa shape index (κ1) is 21.2. The van der Waals surface area contributed by atoms with Gasteiger partial charge in [0.25, 0.3) is 11.6 Å². The molecule has 0 saturated carbocycles. The van der Waals surface area contributed by atoms with E-state index >= 15 is 0 Å². The Balaban J connectivity index is 1.49. The van der Waals surface area contributed by atoms with E-state index in [9.17, 15) is 24.1 Å². The van der Waals surface area contributed by atoms with E-state index in [1.165, 1.54) is 18.2 Å². The van der Waals surface area contributed by atoms with Gasteiger partial charge in [0.1, 0.15) is 11.5 Å². The Labute approximate surface area is 172 Å². The van der Waals surface area contributed by atoms with Gasteiger partial charge in [-0.1, -0.05) is 18.2 Å². The average Bonchev–Trinajstić information content (AvgIpc) is 2.74. The van der Waals surface area contributed by atoms with E-state index in [4.69, 9.17) is 4.74 Å². The standard InChI is InChI=1S/C21H22FN3O5/c1-14-6-7-17(16(22)12-14)23-20(26)13-30-21(27)15-8-10-24(11-9-15)18-4-2-3-5-19(18)25(28)29/h2-7,12,15H,8-11,13H2,1H3,(H,23,26). The number of nitro benzene ring substituents is 1. The van der Waals surface area contributed by atoms with Gasteiger partial charge in [0, 0.05) is 19.2 Å². The Hall–Kier alpha value is -3.49. The second-order valence-corrected chi connectivity index (χ2v) is 7.15. The predicted octanol–water partition coefficient (Wildman–Crippen LogP) is 3.44. The number of benzene rings is 2. The first-order valence-corrected chi connectivity index (χ1v) is 9.56. The van der Waals surface area contributed by atoms with Gasteiger partial charge >= 0.3 is 5.97 Å². The molecule has 1 heterocycles. The van der Waals surface area contributed by atoms with E-state index < -0.39 is 35.1 Å². The number of hydrogen-bond acceptors (Lipinski definition) is 6. The van der Waals surface area contributed by atoms with Crippen molar-refractivity contribution in [2.24, 2.45) is 5.92 Å². The molecule has 9 heteroatoms. The number of hydrogen-bond donors (Lipinski definition) is 1. The number of rotatable bonds is 6. The van der Waals surface area contributed by atoms with Crippen molar-refractivity contribution in [3.8, 4) is 0 Å². The summed E-state index contributed by atoms with van der Waals surface area (Å²) in [4.78, 5) is 36.9. The Bertz CT molecular complexity index is 957. The summed E-state index contributed by atoms with van der Waals surface area (Å²) in [6.45, 7) is 2.16. The summed E-state index contributed by atoms with van der Waals surface area (Å²) in [5, 5.41) is 13.6. The normalized spacial score (nSPS) is 14.3. The third-order valence-corrected chi connectivity index (χ3v) is 4.99. The number of piperidine rings is 1. The van der Waals surface area contributed by atoms with Crippen LogP contribution in [0.25, 0.3) is 0 Å². The molecule has 1 N–H and O–H groups in total. The molecule has 1 aliphatic rings. The molecule has 0 spiro atoms. The van der Waals surface area contributed by atoms with E-state index in [2.05, 4.69) is 5.32 Å². The van der Waals surface area contributed by atoms with Crippen molar-refractivity contribution in [3.05, 3.63) is 64.0 Å². The zero-order valence-electron chi connectivity index (χ0n) is 16.5. The fourth-order valence-electron chi connectivity index (χ4n) is 3.40. The molecular weight excluding hydrogens is 393 g/mol. The maximum atomic E-state index is 13.8. The number of ether oxygens (including phenoxy) is 1. The summed E-state index contributed by atoms with van der Waals surface area (Å²) in [5.41, 5.74) is 1.30. The van der Waals surface area contributed by atoms with Crippen LogP contribution in [0.5, 0.6) is 0 Å². The Morgan fingerprint density at radius 3 is 2.60 bits per heavy atom. The molecule has 2 aromatic carbocycles. The molecule has 0 radical (unpaired) electrons. The van der Waals surface area contributed by atoms with Gasteiger partial charge in [0.15, 0.2) is 6.61 Å². The van der Waals surface area contributed by atoms with E-state index in [-0.39, 0.29) is 11.4 Å². The maximum absolute atomic E-state index is 13.8. The van der Waals surface area contributed by atoms with Crippen LogP contribution in [-0.4, -0.2) is 36.5 Å². The largest absolute Gasteiger partial charge is 0.455 e. The number of nitrogens with zero attached hydrogens (tertiary/aromatic N) is 2. The van der Waals surface area contributed by atoms with Crippen molar-refractivity contribution >= 4 is 28.9 Å². The smallest absolute Gasteiger partial charge is 0.309 e. The van der Waals surface area contributed by atoms with Gasteiger partial charge < -0.3 is 15.0 Å². The summed E-state index contributed by atoms with van der Waals surface area (Å²) >= 11 is 0. The van der Waals surface area contributed by atoms with Gasteiger partial charge in [-0.25, -0.2) is 4.39 Å². The van der Waals surface area contributed by atoms with Gasteiger partial charge in [-0.3, -0.25) is 19.7 Å². The molecule has 1 saturated heterocycles. The molecule has 30 heavy (non-hydrogen) atoms. The second kappa shape index (κ2) is 9.34. The maximum Gasteiger partial charge on any atom is 0.309 e. The third kappa shape index (κ3) is 5.11. The van der Waals surface area contributed by atoms with Crippen LogP contribution in [0.2, 0.25) is 0 Å². The van der Waals surface area contributed by atoms with E-state index in [1.807, 2.05) is 4.90 Å². The summed E-state index contributed by atoms with van der Waals surface area (Å²) < 4.78 is 18.9. The monoisotopic (exact) mass is 415 g/mol. The molecule has 3 rings (SSSR count). The van der Waals surface area contributed by atoms with Crippen molar-refractivity contribution in [2.75, 3.05) is 29.9 Å². The lowest BCUT2D eigenvalue weighted by Crippen LogP contribution is -2.37. The van der Waals surface area contributed by atoms with Crippen LogP contribution in [0.15, 0.2) is 42.5 Å². The molecule has 1 amide bonds. The Kier molecular flexibility index (Phi) is 6.61. The highest BCUT2D eigenvalue weighted by Gasteiger charge is 2.29. The fraction of sp³-hybridized carbons (Fsp3) is 0.333. The number of aryl methyl sites for hydroxylation is 1. The van der Waals surface area contributed by atoms with Crippen molar-refractivity contribution in [1.82, 2.24) is 0 Å². The zero-order valence-corrected chi connectivity index (χ0v) is 16.5. The SMILES string of the molecule is Cc1ccc(NC(=O)COC(=O)C2CCN(c3ccccc3[N+](=O)[O-])CC2)c(F)c1. The molecule has 158 valence electrons. The van der Waals surface area contributed by atoms with E-state index in [1.54, 1.807) is 31.2 Å². The summed E-state index contributed by atoms with van der Waals surface area (Å²) in [5.74, 6) is -2.08. The van der Waals surface area contributed by atoms with Crippen molar-refractivity contribution < 1.29 is 23.6 Å².